The zero-order valence-corrected chi connectivity index (χ0v) is 24.4. The average molecular weight is 559 g/mol. The van der Waals surface area contributed by atoms with Crippen LogP contribution in [0.1, 0.15) is 72.3 Å². The fraction of sp³-hybridized carbons (Fsp3) is 0.484. The van der Waals surface area contributed by atoms with Crippen molar-refractivity contribution in [1.82, 2.24) is 5.32 Å². The molecule has 7 nitrogen and oxygen atoms in total. The highest BCUT2D eigenvalue weighted by Gasteiger charge is 2.19. The number of nitrogens with one attached hydrogen (secondary N) is 3. The highest BCUT2D eigenvalue weighted by atomic mass is 19.1. The molecule has 0 radical (unpaired) electrons. The summed E-state index contributed by atoms with van der Waals surface area (Å²) >= 11 is 0. The minimum absolute atomic E-state index is 0.0199. The van der Waals surface area contributed by atoms with Crippen molar-refractivity contribution in [1.29, 1.82) is 0 Å². The second kappa shape index (κ2) is 16.6. The van der Waals surface area contributed by atoms with Crippen LogP contribution in [0.4, 0.5) is 30.6 Å². The molecule has 1 heterocycles. The van der Waals surface area contributed by atoms with E-state index in [0.29, 0.717) is 41.7 Å². The molecule has 1 fully saturated rings. The summed E-state index contributed by atoms with van der Waals surface area (Å²) in [6, 6.07) is 9.49. The largest absolute Gasteiger partial charge is 0.490 e. The van der Waals surface area contributed by atoms with Crippen molar-refractivity contribution < 1.29 is 23.0 Å². The molecule has 2 aromatic carbocycles. The number of anilines is 2. The van der Waals surface area contributed by atoms with Crippen LogP contribution in [-0.2, 0) is 4.74 Å². The molecular formula is C31H44F2N4O3. The number of hydrogen-bond acceptors (Lipinski definition) is 5. The van der Waals surface area contributed by atoms with Gasteiger partial charge in [-0.05, 0) is 51.5 Å². The molecule has 0 unspecified atom stereocenters. The van der Waals surface area contributed by atoms with Gasteiger partial charge in [-0.15, -0.1) is 0 Å². The molecule has 0 bridgehead atoms. The number of halogens is 2. The number of carbonyl (C=O) groups is 1. The highest BCUT2D eigenvalue weighted by Crippen LogP contribution is 2.34. The minimum atomic E-state index is -1.34. The number of alkyl halides is 1. The summed E-state index contributed by atoms with van der Waals surface area (Å²) in [7, 11) is 0. The molecule has 2 aromatic rings. The predicted octanol–water partition coefficient (Wildman–Crippen LogP) is 8.25. The topological polar surface area (TPSA) is 84.0 Å². The Kier molecular flexibility index (Phi) is 13.6. The Labute approximate surface area is 237 Å². The monoisotopic (exact) mass is 558 g/mol. The summed E-state index contributed by atoms with van der Waals surface area (Å²) in [6.07, 6.45) is 5.94. The lowest BCUT2D eigenvalue weighted by Gasteiger charge is -2.24. The van der Waals surface area contributed by atoms with Gasteiger partial charge in [-0.25, -0.2) is 13.6 Å². The van der Waals surface area contributed by atoms with Gasteiger partial charge in [0.05, 0.1) is 24.5 Å². The van der Waals surface area contributed by atoms with Crippen molar-refractivity contribution in [3.05, 3.63) is 54.4 Å². The molecule has 0 atom stereocenters. The lowest BCUT2D eigenvalue weighted by Crippen LogP contribution is -2.32. The smallest absolute Gasteiger partial charge is 0.319 e. The molecule has 2 amide bonds. The van der Waals surface area contributed by atoms with Gasteiger partial charge in [0, 0.05) is 54.8 Å². The first-order valence-corrected chi connectivity index (χ1v) is 13.9. The van der Waals surface area contributed by atoms with Gasteiger partial charge in [0.15, 0.2) is 0 Å². The van der Waals surface area contributed by atoms with E-state index < -0.39 is 17.5 Å². The van der Waals surface area contributed by atoms with Gasteiger partial charge >= 0.3 is 6.03 Å². The molecule has 220 valence electrons. The van der Waals surface area contributed by atoms with Crippen LogP contribution in [0.5, 0.6) is 5.75 Å². The van der Waals surface area contributed by atoms with Crippen molar-refractivity contribution in [3.63, 3.8) is 0 Å². The van der Waals surface area contributed by atoms with Crippen LogP contribution < -0.4 is 20.7 Å². The van der Waals surface area contributed by atoms with Crippen LogP contribution in [0.3, 0.4) is 0 Å². The van der Waals surface area contributed by atoms with Crippen molar-refractivity contribution in [2.75, 3.05) is 30.4 Å². The third-order valence-corrected chi connectivity index (χ3v) is 6.03. The molecular weight excluding hydrogens is 514 g/mol. The normalized spacial score (nSPS) is 13.8. The number of nitrogens with zero attached hydrogens (tertiary/aromatic N) is 1. The van der Waals surface area contributed by atoms with Crippen LogP contribution >= 0.6 is 0 Å². The summed E-state index contributed by atoms with van der Waals surface area (Å²) in [5.41, 5.74) is 0.841. The Morgan fingerprint density at radius 3 is 2.27 bits per heavy atom. The van der Waals surface area contributed by atoms with Crippen molar-refractivity contribution in [2.24, 2.45) is 4.99 Å². The number of ether oxygens (including phenoxy) is 2. The van der Waals surface area contributed by atoms with Crippen molar-refractivity contribution in [3.8, 4) is 5.75 Å². The Bertz CT molecular complexity index is 1110. The second-order valence-electron chi connectivity index (χ2n) is 10.1. The molecule has 3 N–H and O–H groups in total. The van der Waals surface area contributed by atoms with Gasteiger partial charge < -0.3 is 25.4 Å². The SMILES string of the molecule is C=C(Nc1ccc(NC(=O)NCCC(C)(C)F)cc1)c1c(F)cc(OC2CCOCC2)cc1N=CC.CCCC. The Morgan fingerprint density at radius 1 is 1.12 bits per heavy atom. The van der Waals surface area contributed by atoms with E-state index in [4.69, 9.17) is 9.47 Å². The van der Waals surface area contributed by atoms with E-state index >= 15 is 4.39 Å². The maximum Gasteiger partial charge on any atom is 0.319 e. The third-order valence-electron chi connectivity index (χ3n) is 6.03. The number of urea groups is 1. The maximum absolute atomic E-state index is 15.2. The number of benzene rings is 2. The fourth-order valence-corrected chi connectivity index (χ4v) is 3.68. The molecule has 0 saturated carbocycles. The Morgan fingerprint density at radius 2 is 1.73 bits per heavy atom. The number of unbranched alkanes of at least 4 members (excludes halogenated alkanes) is 1. The summed E-state index contributed by atoms with van der Waals surface area (Å²) in [5, 5.41) is 8.41. The first-order valence-electron chi connectivity index (χ1n) is 13.9. The summed E-state index contributed by atoms with van der Waals surface area (Å²) < 4.78 is 40.0. The number of hydrogen-bond donors (Lipinski definition) is 3. The van der Waals surface area contributed by atoms with Gasteiger partial charge in [-0.2, -0.15) is 0 Å². The number of amides is 2. The molecule has 40 heavy (non-hydrogen) atoms. The van der Waals surface area contributed by atoms with Crippen LogP contribution in [0.2, 0.25) is 0 Å². The van der Waals surface area contributed by atoms with Gasteiger partial charge in [0.2, 0.25) is 0 Å². The molecule has 1 aliphatic heterocycles. The number of aliphatic imine (C=N–C) groups is 1. The van der Waals surface area contributed by atoms with Gasteiger partial charge in [-0.3, -0.25) is 4.99 Å². The molecule has 0 spiro atoms. The lowest BCUT2D eigenvalue weighted by atomic mass is 10.1. The highest BCUT2D eigenvalue weighted by molar-refractivity contribution is 5.90. The Hall–Kier alpha value is -3.46. The molecule has 9 heteroatoms. The summed E-state index contributed by atoms with van der Waals surface area (Å²) in [6.45, 7) is 14.5. The van der Waals surface area contributed by atoms with Crippen LogP contribution in [0, 0.1) is 5.82 Å². The third kappa shape index (κ3) is 11.7. The fourth-order valence-electron chi connectivity index (χ4n) is 3.68. The molecule has 0 aliphatic carbocycles. The van der Waals surface area contributed by atoms with Gasteiger partial charge in [0.25, 0.3) is 0 Å². The van der Waals surface area contributed by atoms with Crippen molar-refractivity contribution in [2.45, 2.75) is 78.5 Å². The van der Waals surface area contributed by atoms with Crippen molar-refractivity contribution >= 4 is 35.0 Å². The van der Waals surface area contributed by atoms with Crippen LogP contribution in [-0.4, -0.2) is 43.8 Å². The van der Waals surface area contributed by atoms with E-state index in [1.54, 1.807) is 43.5 Å². The summed E-state index contributed by atoms with van der Waals surface area (Å²) in [5.74, 6) is -0.0793. The maximum atomic E-state index is 15.2. The van der Waals surface area contributed by atoms with E-state index in [0.717, 1.165) is 12.8 Å². The van der Waals surface area contributed by atoms with E-state index in [1.807, 2.05) is 0 Å². The Balaban J connectivity index is 0.00000131. The van der Waals surface area contributed by atoms with Gasteiger partial charge in [0.1, 0.15) is 23.3 Å². The predicted molar refractivity (Wildman–Crippen MR) is 161 cm³/mol. The standard InChI is InChI=1S/C27H34F2N4O3.C4H10/c1-5-30-24-17-22(36-21-10-14-35-15-11-21)16-23(28)25(24)18(2)32-19-6-8-20(9-7-19)33-26(34)31-13-12-27(3,4)29;1-3-4-2/h5-9,16-17,21,32H,2,10-15H2,1,3-4H3,(H2,31,33,34);3-4H2,1-2H3. The van der Waals surface area contributed by atoms with Gasteiger partial charge in [-0.1, -0.05) is 33.3 Å². The average Bonchev–Trinajstić information content (AvgIpc) is 2.90. The molecule has 1 saturated heterocycles. The van der Waals surface area contributed by atoms with E-state index in [1.165, 1.54) is 32.8 Å². The zero-order valence-electron chi connectivity index (χ0n) is 24.4. The summed E-state index contributed by atoms with van der Waals surface area (Å²) in [4.78, 5) is 16.3. The minimum Gasteiger partial charge on any atom is -0.490 e. The van der Waals surface area contributed by atoms with E-state index in [-0.39, 0.29) is 24.6 Å². The molecule has 3 rings (SSSR count). The quantitative estimate of drug-likeness (QED) is 0.243. The van der Waals surface area contributed by atoms with E-state index in [9.17, 15) is 9.18 Å². The number of rotatable bonds is 11. The molecule has 1 aliphatic rings. The first kappa shape index (κ1) is 32.8. The second-order valence-corrected chi connectivity index (χ2v) is 10.1. The van der Waals surface area contributed by atoms with Crippen LogP contribution in [0.25, 0.3) is 5.70 Å². The van der Waals surface area contributed by atoms with Crippen LogP contribution in [0.15, 0.2) is 48.0 Å². The first-order chi connectivity index (χ1) is 19.1. The lowest BCUT2D eigenvalue weighted by molar-refractivity contribution is 0.0255. The zero-order chi connectivity index (χ0) is 29.5. The molecule has 0 aromatic heterocycles. The van der Waals surface area contributed by atoms with E-state index in [2.05, 4.69) is 41.4 Å². The number of carbonyl (C=O) groups excluding carboxylic acids is 1.